The largest absolute Gasteiger partial charge is 0.310 e. The molecule has 0 heterocycles. The van der Waals surface area contributed by atoms with Crippen LogP contribution in [0.25, 0.3) is 77.2 Å². The standard InChI is InChI=1S/C52H31N3/c53-32-34-28-35(33-54)30-41(29-34)55(39-19-8-3-9-20-39)40-21-12-18-38(31-40)42-26-27-47-50-43(42)24-13-25-46(50)51-48(36-14-4-1-5-15-36)44-22-10-11-23-45(44)49(52(47)51)37-16-6-2-7-17-37/h1-31H. The summed E-state index contributed by atoms with van der Waals surface area (Å²) in [6.45, 7) is 0. The zero-order valence-corrected chi connectivity index (χ0v) is 29.7. The Bertz CT molecular complexity index is 2920. The number of anilines is 3. The van der Waals surface area contributed by atoms with Gasteiger partial charge >= 0.3 is 0 Å². The van der Waals surface area contributed by atoms with Crippen molar-refractivity contribution in [2.24, 2.45) is 0 Å². The summed E-state index contributed by atoms with van der Waals surface area (Å²) in [6, 6.07) is 70.3. The van der Waals surface area contributed by atoms with E-state index in [9.17, 15) is 10.5 Å². The summed E-state index contributed by atoms with van der Waals surface area (Å²) in [6.07, 6.45) is 0. The Labute approximate surface area is 319 Å². The Morgan fingerprint density at radius 3 is 1.40 bits per heavy atom. The number of para-hydroxylation sites is 1. The van der Waals surface area contributed by atoms with E-state index in [1.54, 1.807) is 6.07 Å². The third-order valence-corrected chi connectivity index (χ3v) is 10.8. The van der Waals surface area contributed by atoms with Crippen molar-refractivity contribution in [3.8, 4) is 67.8 Å². The molecule has 9 aromatic rings. The second-order valence-corrected chi connectivity index (χ2v) is 13.9. The number of nitrogens with zero attached hydrogens (tertiary/aromatic N) is 3. The highest BCUT2D eigenvalue weighted by Gasteiger charge is 2.31. The van der Waals surface area contributed by atoms with E-state index in [0.29, 0.717) is 11.1 Å². The monoisotopic (exact) mass is 697 g/mol. The van der Waals surface area contributed by atoms with Crippen molar-refractivity contribution in [2.45, 2.75) is 0 Å². The maximum absolute atomic E-state index is 9.85. The summed E-state index contributed by atoms with van der Waals surface area (Å²) in [5, 5.41) is 24.6. The van der Waals surface area contributed by atoms with Crippen LogP contribution in [0.4, 0.5) is 17.1 Å². The summed E-state index contributed by atoms with van der Waals surface area (Å²) in [4.78, 5) is 2.12. The molecule has 0 saturated heterocycles. The maximum Gasteiger partial charge on any atom is 0.0992 e. The van der Waals surface area contributed by atoms with E-state index in [1.165, 1.54) is 66.1 Å². The molecule has 0 saturated carbocycles. The van der Waals surface area contributed by atoms with Gasteiger partial charge in [-0.1, -0.05) is 146 Å². The van der Waals surface area contributed by atoms with E-state index in [0.717, 1.165) is 28.2 Å². The van der Waals surface area contributed by atoms with E-state index in [-0.39, 0.29) is 0 Å². The molecule has 55 heavy (non-hydrogen) atoms. The Morgan fingerprint density at radius 1 is 0.327 bits per heavy atom. The van der Waals surface area contributed by atoms with E-state index >= 15 is 0 Å². The van der Waals surface area contributed by atoms with Gasteiger partial charge in [-0.2, -0.15) is 10.5 Å². The van der Waals surface area contributed by atoms with Gasteiger partial charge in [0.2, 0.25) is 0 Å². The van der Waals surface area contributed by atoms with Crippen molar-refractivity contribution in [3.63, 3.8) is 0 Å². The quantitative estimate of drug-likeness (QED) is 0.174. The second-order valence-electron chi connectivity index (χ2n) is 13.9. The third kappa shape index (κ3) is 5.19. The van der Waals surface area contributed by atoms with Gasteiger partial charge in [0.25, 0.3) is 0 Å². The fourth-order valence-electron chi connectivity index (χ4n) is 8.57. The number of nitriles is 2. The Balaban J connectivity index is 1.23. The molecule has 0 radical (unpaired) electrons. The predicted molar refractivity (Wildman–Crippen MR) is 226 cm³/mol. The van der Waals surface area contributed by atoms with Gasteiger partial charge in [0.15, 0.2) is 0 Å². The van der Waals surface area contributed by atoms with Gasteiger partial charge < -0.3 is 4.90 Å². The highest BCUT2D eigenvalue weighted by molar-refractivity contribution is 6.28. The average molecular weight is 698 g/mol. The number of fused-ring (bicyclic) bond motifs is 4. The first kappa shape index (κ1) is 32.0. The fourth-order valence-corrected chi connectivity index (χ4v) is 8.57. The minimum Gasteiger partial charge on any atom is -0.310 e. The smallest absolute Gasteiger partial charge is 0.0992 e. The molecule has 0 bridgehead atoms. The summed E-state index contributed by atoms with van der Waals surface area (Å²) in [5.74, 6) is 0. The molecule has 0 N–H and O–H groups in total. The van der Waals surface area contributed by atoms with Gasteiger partial charge in [0, 0.05) is 17.1 Å². The van der Waals surface area contributed by atoms with Gasteiger partial charge in [0.05, 0.1) is 23.3 Å². The van der Waals surface area contributed by atoms with E-state index in [2.05, 4.69) is 157 Å². The van der Waals surface area contributed by atoms with Crippen LogP contribution < -0.4 is 4.90 Å². The lowest BCUT2D eigenvalue weighted by Crippen LogP contribution is -2.10. The first-order valence-electron chi connectivity index (χ1n) is 18.4. The van der Waals surface area contributed by atoms with E-state index in [4.69, 9.17) is 0 Å². The van der Waals surface area contributed by atoms with Gasteiger partial charge in [-0.05, 0) is 120 Å². The van der Waals surface area contributed by atoms with Gasteiger partial charge in [-0.3, -0.25) is 0 Å². The molecule has 10 rings (SSSR count). The second kappa shape index (κ2) is 13.0. The Hall–Kier alpha value is -7.72. The third-order valence-electron chi connectivity index (χ3n) is 10.8. The van der Waals surface area contributed by atoms with Crippen LogP contribution in [0, 0.1) is 22.7 Å². The van der Waals surface area contributed by atoms with Crippen LogP contribution in [-0.4, -0.2) is 0 Å². The first-order chi connectivity index (χ1) is 27.2. The molecule has 0 aliphatic heterocycles. The van der Waals surface area contributed by atoms with Crippen LogP contribution in [0.3, 0.4) is 0 Å². The van der Waals surface area contributed by atoms with Crippen LogP contribution in [0.2, 0.25) is 0 Å². The molecule has 3 heteroatoms. The van der Waals surface area contributed by atoms with Crippen LogP contribution in [0.15, 0.2) is 188 Å². The molecular formula is C52H31N3. The van der Waals surface area contributed by atoms with Crippen LogP contribution in [0.1, 0.15) is 11.1 Å². The molecule has 0 spiro atoms. The lowest BCUT2D eigenvalue weighted by Gasteiger charge is -2.26. The Morgan fingerprint density at radius 2 is 0.800 bits per heavy atom. The Kier molecular flexibility index (Phi) is 7.58. The van der Waals surface area contributed by atoms with Gasteiger partial charge in [-0.25, -0.2) is 0 Å². The molecule has 0 unspecified atom stereocenters. The number of benzene rings is 9. The maximum atomic E-state index is 9.85. The minimum absolute atomic E-state index is 0.440. The summed E-state index contributed by atoms with van der Waals surface area (Å²) < 4.78 is 0. The average Bonchev–Trinajstić information content (AvgIpc) is 3.58. The summed E-state index contributed by atoms with van der Waals surface area (Å²) in [5.41, 5.74) is 15.7. The van der Waals surface area contributed by atoms with Crippen LogP contribution in [-0.2, 0) is 0 Å². The number of rotatable bonds is 6. The zero-order valence-electron chi connectivity index (χ0n) is 29.7. The summed E-state index contributed by atoms with van der Waals surface area (Å²) >= 11 is 0. The molecule has 0 fully saturated rings. The van der Waals surface area contributed by atoms with Crippen molar-refractivity contribution >= 4 is 38.6 Å². The zero-order chi connectivity index (χ0) is 36.9. The number of hydrogen-bond donors (Lipinski definition) is 0. The van der Waals surface area contributed by atoms with Crippen LogP contribution >= 0.6 is 0 Å². The highest BCUT2D eigenvalue weighted by atomic mass is 15.1. The molecular weight excluding hydrogens is 667 g/mol. The van der Waals surface area contributed by atoms with E-state index in [1.807, 2.05) is 42.5 Å². The molecule has 1 aliphatic carbocycles. The lowest BCUT2D eigenvalue weighted by atomic mass is 9.82. The molecule has 254 valence electrons. The molecule has 0 atom stereocenters. The molecule has 9 aromatic carbocycles. The predicted octanol–water partition coefficient (Wildman–Crippen LogP) is 13.9. The molecule has 3 nitrogen and oxygen atoms in total. The molecule has 1 aliphatic rings. The van der Waals surface area contributed by atoms with Crippen molar-refractivity contribution in [2.75, 3.05) is 4.90 Å². The highest BCUT2D eigenvalue weighted by Crippen LogP contribution is 2.58. The lowest BCUT2D eigenvalue weighted by molar-refractivity contribution is 1.27. The molecule has 0 aromatic heterocycles. The normalized spacial score (nSPS) is 11.2. The van der Waals surface area contributed by atoms with Crippen LogP contribution in [0.5, 0.6) is 0 Å². The van der Waals surface area contributed by atoms with Gasteiger partial charge in [-0.15, -0.1) is 0 Å². The minimum atomic E-state index is 0.440. The first-order valence-corrected chi connectivity index (χ1v) is 18.4. The van der Waals surface area contributed by atoms with Gasteiger partial charge in [0.1, 0.15) is 0 Å². The van der Waals surface area contributed by atoms with Crippen molar-refractivity contribution < 1.29 is 0 Å². The molecule has 0 amide bonds. The SMILES string of the molecule is N#Cc1cc(C#N)cc(N(c2ccccc2)c2cccc(-c3ccc4c5c(cccc35)-c3c-4c(-c4ccccc4)c4ccccc4c3-c3ccccc3)c2)c1. The van der Waals surface area contributed by atoms with Crippen molar-refractivity contribution in [1.82, 2.24) is 0 Å². The fraction of sp³-hybridized carbons (Fsp3) is 0. The summed E-state index contributed by atoms with van der Waals surface area (Å²) in [7, 11) is 0. The van der Waals surface area contributed by atoms with Crippen molar-refractivity contribution in [1.29, 1.82) is 10.5 Å². The van der Waals surface area contributed by atoms with E-state index < -0.39 is 0 Å². The van der Waals surface area contributed by atoms with Crippen molar-refractivity contribution in [3.05, 3.63) is 199 Å². The number of hydrogen-bond acceptors (Lipinski definition) is 3. The topological polar surface area (TPSA) is 50.8 Å².